The zero-order valence-electron chi connectivity index (χ0n) is 16.4. The van der Waals surface area contributed by atoms with E-state index in [0.29, 0.717) is 18.4 Å². The number of amides is 1. The zero-order valence-corrected chi connectivity index (χ0v) is 16.4. The molecule has 144 valence electrons. The smallest absolute Gasteiger partial charge is 0.266 e. The van der Waals surface area contributed by atoms with Crippen molar-refractivity contribution < 1.29 is 4.79 Å². The highest BCUT2D eigenvalue weighted by molar-refractivity contribution is 5.76. The molecule has 27 heavy (non-hydrogen) atoms. The Balaban J connectivity index is 1.63. The Morgan fingerprint density at radius 1 is 1.15 bits per heavy atom. The highest BCUT2D eigenvalue weighted by Crippen LogP contribution is 2.29. The van der Waals surface area contributed by atoms with Crippen molar-refractivity contribution in [2.75, 3.05) is 0 Å². The number of carbonyl (C=O) groups is 1. The summed E-state index contributed by atoms with van der Waals surface area (Å²) < 4.78 is 1.39. The summed E-state index contributed by atoms with van der Waals surface area (Å²) in [5, 5.41) is 7.60. The van der Waals surface area contributed by atoms with E-state index in [4.69, 9.17) is 0 Å². The van der Waals surface area contributed by atoms with Crippen molar-refractivity contribution in [3.8, 4) is 11.3 Å². The largest absolute Gasteiger partial charge is 0.353 e. The topological polar surface area (TPSA) is 64.0 Å². The fourth-order valence-electron chi connectivity index (χ4n) is 3.76. The van der Waals surface area contributed by atoms with Crippen LogP contribution >= 0.6 is 0 Å². The van der Waals surface area contributed by atoms with E-state index >= 15 is 0 Å². The molecule has 5 nitrogen and oxygen atoms in total. The molecule has 2 aromatic rings. The summed E-state index contributed by atoms with van der Waals surface area (Å²) in [7, 11) is 0. The lowest BCUT2D eigenvalue weighted by molar-refractivity contribution is -0.122. The Bertz CT molecular complexity index is 841. The van der Waals surface area contributed by atoms with Crippen molar-refractivity contribution in [1.29, 1.82) is 0 Å². The van der Waals surface area contributed by atoms with Gasteiger partial charge in [-0.25, -0.2) is 4.68 Å². The second-order valence-electron chi connectivity index (χ2n) is 7.84. The van der Waals surface area contributed by atoms with Gasteiger partial charge in [0.2, 0.25) is 5.91 Å². The molecule has 1 amide bonds. The molecular formula is C22H29N3O2. The summed E-state index contributed by atoms with van der Waals surface area (Å²) in [4.78, 5) is 24.5. The number of nitrogens with one attached hydrogen (secondary N) is 1. The van der Waals surface area contributed by atoms with Crippen molar-refractivity contribution >= 4 is 5.91 Å². The van der Waals surface area contributed by atoms with E-state index in [9.17, 15) is 9.59 Å². The SMILES string of the molecule is Cc1ccc(-c2ccc(=O)n(CCC(=O)N[C@@H]3CCC[C@@H](C)[C@H]3C)n2)cc1. The molecule has 1 fully saturated rings. The second kappa shape index (κ2) is 8.51. The normalized spacial score (nSPS) is 22.4. The first-order valence-corrected chi connectivity index (χ1v) is 9.88. The summed E-state index contributed by atoms with van der Waals surface area (Å²) in [5.41, 5.74) is 2.70. The molecule has 1 heterocycles. The van der Waals surface area contributed by atoms with Crippen LogP contribution in [0.2, 0.25) is 0 Å². The van der Waals surface area contributed by atoms with Crippen LogP contribution in [0.5, 0.6) is 0 Å². The van der Waals surface area contributed by atoms with Gasteiger partial charge >= 0.3 is 0 Å². The number of benzene rings is 1. The van der Waals surface area contributed by atoms with Crippen LogP contribution in [0.1, 0.15) is 45.1 Å². The number of rotatable bonds is 5. The Labute approximate surface area is 160 Å². The lowest BCUT2D eigenvalue weighted by Crippen LogP contribution is -2.44. The third-order valence-electron chi connectivity index (χ3n) is 5.82. The summed E-state index contributed by atoms with van der Waals surface area (Å²) in [5.74, 6) is 1.13. The number of aromatic nitrogens is 2. The lowest BCUT2D eigenvalue weighted by atomic mass is 9.78. The molecule has 3 atom stereocenters. The molecule has 1 aliphatic carbocycles. The van der Waals surface area contributed by atoms with Gasteiger partial charge in [0, 0.05) is 24.1 Å². The highest BCUT2D eigenvalue weighted by Gasteiger charge is 2.27. The number of hydrogen-bond acceptors (Lipinski definition) is 3. The summed E-state index contributed by atoms with van der Waals surface area (Å²) in [6, 6.07) is 11.5. The van der Waals surface area contributed by atoms with Crippen LogP contribution in [0.25, 0.3) is 11.3 Å². The minimum Gasteiger partial charge on any atom is -0.353 e. The van der Waals surface area contributed by atoms with Crippen LogP contribution in [-0.4, -0.2) is 21.7 Å². The zero-order chi connectivity index (χ0) is 19.4. The van der Waals surface area contributed by atoms with E-state index in [1.165, 1.54) is 22.7 Å². The van der Waals surface area contributed by atoms with Crippen LogP contribution in [0, 0.1) is 18.8 Å². The van der Waals surface area contributed by atoms with Gasteiger partial charge in [-0.1, -0.05) is 56.5 Å². The first kappa shape index (κ1) is 19.3. The minimum atomic E-state index is -0.182. The third-order valence-corrected chi connectivity index (χ3v) is 5.82. The summed E-state index contributed by atoms with van der Waals surface area (Å²) >= 11 is 0. The maximum atomic E-state index is 12.4. The van der Waals surface area contributed by atoms with E-state index in [1.807, 2.05) is 31.2 Å². The van der Waals surface area contributed by atoms with Crippen LogP contribution in [0.3, 0.4) is 0 Å². The predicted molar refractivity (Wildman–Crippen MR) is 107 cm³/mol. The van der Waals surface area contributed by atoms with Gasteiger partial charge in [0.25, 0.3) is 5.56 Å². The lowest BCUT2D eigenvalue weighted by Gasteiger charge is -2.34. The van der Waals surface area contributed by atoms with Gasteiger partial charge in [0.05, 0.1) is 12.2 Å². The van der Waals surface area contributed by atoms with E-state index in [-0.39, 0.29) is 23.9 Å². The van der Waals surface area contributed by atoms with E-state index in [2.05, 4.69) is 24.3 Å². The molecule has 0 bridgehead atoms. The monoisotopic (exact) mass is 367 g/mol. The van der Waals surface area contributed by atoms with Crippen molar-refractivity contribution in [3.05, 3.63) is 52.3 Å². The molecule has 1 aromatic heterocycles. The van der Waals surface area contributed by atoms with Crippen molar-refractivity contribution in [2.45, 2.75) is 59.0 Å². The van der Waals surface area contributed by atoms with Crippen molar-refractivity contribution in [3.63, 3.8) is 0 Å². The van der Waals surface area contributed by atoms with Gasteiger partial charge in [0.1, 0.15) is 0 Å². The number of nitrogens with zero attached hydrogens (tertiary/aromatic N) is 2. The average molecular weight is 367 g/mol. The predicted octanol–water partition coefficient (Wildman–Crippen LogP) is 3.55. The summed E-state index contributed by atoms with van der Waals surface area (Å²) in [6.45, 7) is 6.79. The molecular weight excluding hydrogens is 338 g/mol. The molecule has 1 aromatic carbocycles. The molecule has 1 saturated carbocycles. The Kier molecular flexibility index (Phi) is 6.09. The van der Waals surface area contributed by atoms with Crippen LogP contribution in [-0.2, 0) is 11.3 Å². The molecule has 3 rings (SSSR count). The average Bonchev–Trinajstić information content (AvgIpc) is 2.65. The Morgan fingerprint density at radius 3 is 2.63 bits per heavy atom. The minimum absolute atomic E-state index is 0.00427. The highest BCUT2D eigenvalue weighted by atomic mass is 16.2. The fraction of sp³-hybridized carbons (Fsp3) is 0.500. The molecule has 1 aliphatic rings. The Hall–Kier alpha value is -2.43. The van der Waals surface area contributed by atoms with Gasteiger partial charge < -0.3 is 5.32 Å². The van der Waals surface area contributed by atoms with Gasteiger partial charge in [-0.3, -0.25) is 9.59 Å². The van der Waals surface area contributed by atoms with Gasteiger partial charge in [0.15, 0.2) is 0 Å². The number of carbonyl (C=O) groups excluding carboxylic acids is 1. The molecule has 5 heteroatoms. The maximum Gasteiger partial charge on any atom is 0.266 e. The van der Waals surface area contributed by atoms with Crippen LogP contribution in [0.15, 0.2) is 41.2 Å². The van der Waals surface area contributed by atoms with Gasteiger partial charge in [-0.05, 0) is 31.2 Å². The number of aryl methyl sites for hydroxylation is 2. The van der Waals surface area contributed by atoms with Crippen molar-refractivity contribution in [2.24, 2.45) is 11.8 Å². The first-order chi connectivity index (χ1) is 12.9. The van der Waals surface area contributed by atoms with Crippen LogP contribution in [0.4, 0.5) is 0 Å². The fourth-order valence-corrected chi connectivity index (χ4v) is 3.76. The number of hydrogen-bond donors (Lipinski definition) is 1. The Morgan fingerprint density at radius 2 is 1.89 bits per heavy atom. The van der Waals surface area contributed by atoms with E-state index < -0.39 is 0 Å². The van der Waals surface area contributed by atoms with Gasteiger partial charge in [-0.15, -0.1) is 0 Å². The second-order valence-corrected chi connectivity index (χ2v) is 7.84. The molecule has 0 radical (unpaired) electrons. The summed E-state index contributed by atoms with van der Waals surface area (Å²) in [6.07, 6.45) is 3.70. The standard InChI is InChI=1S/C22H29N3O2/c1-15-7-9-18(10-8-15)20-11-12-22(27)25(24-20)14-13-21(26)23-19-6-4-5-16(2)17(19)3/h7-12,16-17,19H,4-6,13-14H2,1-3H3,(H,23,26)/t16-,17-,19-/m1/s1. The molecule has 0 aliphatic heterocycles. The maximum absolute atomic E-state index is 12.4. The molecule has 0 unspecified atom stereocenters. The van der Waals surface area contributed by atoms with Gasteiger partial charge in [-0.2, -0.15) is 5.10 Å². The molecule has 0 spiro atoms. The van der Waals surface area contributed by atoms with Crippen molar-refractivity contribution in [1.82, 2.24) is 15.1 Å². The first-order valence-electron chi connectivity index (χ1n) is 9.88. The molecule has 0 saturated heterocycles. The third kappa shape index (κ3) is 4.85. The van der Waals surface area contributed by atoms with E-state index in [0.717, 1.165) is 24.1 Å². The van der Waals surface area contributed by atoms with Crippen LogP contribution < -0.4 is 10.9 Å². The quantitative estimate of drug-likeness (QED) is 0.879. The van der Waals surface area contributed by atoms with E-state index in [1.54, 1.807) is 6.07 Å². The molecule has 1 N–H and O–H groups in total.